The minimum atomic E-state index is -0.687. The Hall–Kier alpha value is -2.22. The van der Waals surface area contributed by atoms with Gasteiger partial charge in [0.25, 0.3) is 0 Å². The van der Waals surface area contributed by atoms with E-state index in [2.05, 4.69) is 20.2 Å². The van der Waals surface area contributed by atoms with Crippen molar-refractivity contribution in [1.82, 2.24) is 20.2 Å². The van der Waals surface area contributed by atoms with Crippen molar-refractivity contribution in [3.05, 3.63) is 18.3 Å². The number of aromatic nitrogens is 2. The van der Waals surface area contributed by atoms with Crippen LogP contribution in [0.1, 0.15) is 32.6 Å². The molecule has 1 aliphatic heterocycles. The van der Waals surface area contributed by atoms with E-state index >= 15 is 0 Å². The molecule has 2 amide bonds. The second-order valence-electron chi connectivity index (χ2n) is 7.07. The van der Waals surface area contributed by atoms with Crippen LogP contribution in [0.5, 0.6) is 0 Å². The first-order valence-electron chi connectivity index (χ1n) is 9.12. The van der Waals surface area contributed by atoms with Gasteiger partial charge >= 0.3 is 0 Å². The zero-order chi connectivity index (χ0) is 18.1. The minimum absolute atomic E-state index is 0.0795. The van der Waals surface area contributed by atoms with Gasteiger partial charge in [-0.25, -0.2) is 9.97 Å². The van der Waals surface area contributed by atoms with E-state index in [4.69, 9.17) is 0 Å². The molecule has 0 aromatic carbocycles. The number of rotatable bonds is 3. The van der Waals surface area contributed by atoms with Gasteiger partial charge in [0.05, 0.1) is 0 Å². The second-order valence-corrected chi connectivity index (χ2v) is 8.03. The Morgan fingerprint density at radius 1 is 1.19 bits per heavy atom. The van der Waals surface area contributed by atoms with Crippen LogP contribution in [-0.2, 0) is 9.59 Å². The van der Waals surface area contributed by atoms with Gasteiger partial charge in [0, 0.05) is 39.3 Å². The molecule has 26 heavy (non-hydrogen) atoms. The molecule has 0 atom stereocenters. The summed E-state index contributed by atoms with van der Waals surface area (Å²) in [6.45, 7) is 4.31. The van der Waals surface area contributed by atoms with Crippen LogP contribution in [0.15, 0.2) is 18.3 Å². The summed E-state index contributed by atoms with van der Waals surface area (Å²) in [5.41, 5.74) is 0.231. The maximum atomic E-state index is 13.1. The van der Waals surface area contributed by atoms with Crippen LogP contribution in [0, 0.1) is 0 Å². The molecule has 1 N–H and O–H groups in total. The first kappa shape index (κ1) is 17.2. The number of carbonyl (C=O) groups is 2. The van der Waals surface area contributed by atoms with Crippen LogP contribution in [0.3, 0.4) is 0 Å². The fourth-order valence-electron chi connectivity index (χ4n) is 4.00. The molecule has 0 radical (unpaired) electrons. The highest BCUT2D eigenvalue weighted by atomic mass is 32.1. The van der Waals surface area contributed by atoms with Crippen LogP contribution < -0.4 is 10.2 Å². The van der Waals surface area contributed by atoms with Gasteiger partial charge < -0.3 is 15.1 Å². The van der Waals surface area contributed by atoms with Gasteiger partial charge in [-0.05, 0) is 25.0 Å². The number of hydrogen-bond acceptors (Lipinski definition) is 6. The lowest BCUT2D eigenvalue weighted by Crippen LogP contribution is -2.61. The second kappa shape index (κ2) is 6.83. The van der Waals surface area contributed by atoms with Crippen molar-refractivity contribution in [2.24, 2.45) is 0 Å². The highest BCUT2D eigenvalue weighted by molar-refractivity contribution is 7.21. The van der Waals surface area contributed by atoms with Gasteiger partial charge in [-0.3, -0.25) is 9.59 Å². The molecule has 8 heteroatoms. The highest BCUT2D eigenvalue weighted by Gasteiger charge is 2.44. The van der Waals surface area contributed by atoms with E-state index in [1.165, 1.54) is 6.92 Å². The van der Waals surface area contributed by atoms with Crippen molar-refractivity contribution in [1.29, 1.82) is 0 Å². The predicted molar refractivity (Wildman–Crippen MR) is 101 cm³/mol. The summed E-state index contributed by atoms with van der Waals surface area (Å²) in [5, 5.41) is 3.91. The van der Waals surface area contributed by atoms with Crippen LogP contribution >= 0.6 is 11.3 Å². The molecule has 138 valence electrons. The molecule has 4 rings (SSSR count). The van der Waals surface area contributed by atoms with E-state index in [0.29, 0.717) is 13.1 Å². The highest BCUT2D eigenvalue weighted by Crippen LogP contribution is 2.33. The SMILES string of the molecule is CC(=O)NC1(C(=O)N2CCN(c3nc4cccnc4s3)CC2)CCCC1. The summed E-state index contributed by atoms with van der Waals surface area (Å²) in [6, 6.07) is 3.87. The monoisotopic (exact) mass is 373 g/mol. The average Bonchev–Trinajstić information content (AvgIpc) is 3.28. The first-order valence-corrected chi connectivity index (χ1v) is 9.94. The molecular formula is C18H23N5O2S. The van der Waals surface area contributed by atoms with E-state index in [0.717, 1.165) is 54.3 Å². The number of anilines is 1. The van der Waals surface area contributed by atoms with Crippen molar-refractivity contribution in [2.75, 3.05) is 31.1 Å². The maximum Gasteiger partial charge on any atom is 0.248 e. The summed E-state index contributed by atoms with van der Waals surface area (Å²) in [7, 11) is 0. The number of pyridine rings is 1. The lowest BCUT2D eigenvalue weighted by atomic mass is 9.95. The molecule has 0 unspecified atom stereocenters. The molecule has 3 heterocycles. The third-order valence-electron chi connectivity index (χ3n) is 5.27. The van der Waals surface area contributed by atoms with Gasteiger partial charge in [0.1, 0.15) is 15.9 Å². The smallest absolute Gasteiger partial charge is 0.248 e. The normalized spacial score (nSPS) is 19.7. The fourth-order valence-corrected chi connectivity index (χ4v) is 4.97. The Bertz CT molecular complexity index is 789. The van der Waals surface area contributed by atoms with E-state index in [9.17, 15) is 9.59 Å². The van der Waals surface area contributed by atoms with Crippen LogP contribution in [0.25, 0.3) is 10.3 Å². The van der Waals surface area contributed by atoms with E-state index in [1.807, 2.05) is 17.0 Å². The quantitative estimate of drug-likeness (QED) is 0.887. The van der Waals surface area contributed by atoms with E-state index in [1.54, 1.807) is 17.5 Å². The molecule has 0 spiro atoms. The van der Waals surface area contributed by atoms with Crippen molar-refractivity contribution >= 4 is 38.6 Å². The Labute approximate surface area is 156 Å². The molecule has 7 nitrogen and oxygen atoms in total. The Kier molecular flexibility index (Phi) is 4.52. The number of amides is 2. The molecule has 2 aliphatic rings. The van der Waals surface area contributed by atoms with Crippen molar-refractivity contribution in [3.8, 4) is 0 Å². The van der Waals surface area contributed by atoms with Gasteiger partial charge in [-0.2, -0.15) is 0 Å². The number of nitrogens with zero attached hydrogens (tertiary/aromatic N) is 4. The number of piperazine rings is 1. The van der Waals surface area contributed by atoms with Crippen molar-refractivity contribution in [2.45, 2.75) is 38.1 Å². The molecule has 1 saturated carbocycles. The maximum absolute atomic E-state index is 13.1. The number of carbonyl (C=O) groups excluding carboxylic acids is 2. The number of hydrogen-bond donors (Lipinski definition) is 1. The summed E-state index contributed by atoms with van der Waals surface area (Å²) in [4.78, 5) is 38.8. The van der Waals surface area contributed by atoms with Crippen molar-refractivity contribution in [3.63, 3.8) is 0 Å². The van der Waals surface area contributed by atoms with E-state index in [-0.39, 0.29) is 11.8 Å². The van der Waals surface area contributed by atoms with Gasteiger partial charge in [0.2, 0.25) is 11.8 Å². The molecule has 2 aromatic heterocycles. The van der Waals surface area contributed by atoms with Crippen molar-refractivity contribution < 1.29 is 9.59 Å². The van der Waals surface area contributed by atoms with Gasteiger partial charge in [-0.1, -0.05) is 24.2 Å². The summed E-state index contributed by atoms with van der Waals surface area (Å²) < 4.78 is 0. The Balaban J connectivity index is 1.44. The van der Waals surface area contributed by atoms with Gasteiger partial charge in [-0.15, -0.1) is 0 Å². The molecule has 2 aromatic rings. The zero-order valence-corrected chi connectivity index (χ0v) is 15.7. The predicted octanol–water partition coefficient (Wildman–Crippen LogP) is 1.79. The third-order valence-corrected chi connectivity index (χ3v) is 6.31. The fraction of sp³-hybridized carbons (Fsp3) is 0.556. The molecule has 0 bridgehead atoms. The third kappa shape index (κ3) is 3.13. The first-order chi connectivity index (χ1) is 12.6. The summed E-state index contributed by atoms with van der Waals surface area (Å²) >= 11 is 1.59. The zero-order valence-electron chi connectivity index (χ0n) is 14.9. The Morgan fingerprint density at radius 3 is 2.58 bits per heavy atom. The lowest BCUT2D eigenvalue weighted by molar-refractivity contribution is -0.141. The minimum Gasteiger partial charge on any atom is -0.344 e. The van der Waals surface area contributed by atoms with Crippen LogP contribution in [0.4, 0.5) is 5.13 Å². The summed E-state index contributed by atoms with van der Waals surface area (Å²) in [5.74, 6) is -0.0447. The number of thiazole rings is 1. The number of nitrogens with one attached hydrogen (secondary N) is 1. The van der Waals surface area contributed by atoms with Crippen LogP contribution in [-0.4, -0.2) is 58.4 Å². The molecule has 1 aliphatic carbocycles. The van der Waals surface area contributed by atoms with E-state index < -0.39 is 5.54 Å². The van der Waals surface area contributed by atoms with Crippen LogP contribution in [0.2, 0.25) is 0 Å². The Morgan fingerprint density at radius 2 is 1.92 bits per heavy atom. The topological polar surface area (TPSA) is 78.4 Å². The lowest BCUT2D eigenvalue weighted by Gasteiger charge is -2.39. The standard InChI is InChI=1S/C18H23N5O2S/c1-13(24)21-18(6-2-3-7-18)16(25)22-9-11-23(12-10-22)17-20-14-5-4-8-19-15(14)26-17/h4-5,8H,2-3,6-7,9-12H2,1H3,(H,21,24). The molecule has 1 saturated heterocycles. The van der Waals surface area contributed by atoms with Gasteiger partial charge in [0.15, 0.2) is 5.13 Å². The number of fused-ring (bicyclic) bond motifs is 1. The summed E-state index contributed by atoms with van der Waals surface area (Å²) in [6.07, 6.45) is 5.25. The largest absolute Gasteiger partial charge is 0.344 e. The molecule has 2 fully saturated rings. The average molecular weight is 373 g/mol. The molecular weight excluding hydrogens is 350 g/mol.